The van der Waals surface area contributed by atoms with E-state index >= 15 is 0 Å². The van der Waals surface area contributed by atoms with Crippen molar-refractivity contribution in [2.24, 2.45) is 0 Å². The maximum atomic E-state index is 13.3. The van der Waals surface area contributed by atoms with Gasteiger partial charge in [-0.15, -0.1) is 0 Å². The standard InChI is InChI=1S/C16H14ClFO3/c17-13-5-4-11(18)8-10(13)9-14(19)12-2-1-3-15-16(12)21-7-6-20-15/h1-5,8,14,19H,6-7,9H2. The number of hydrogen-bond acceptors (Lipinski definition) is 3. The SMILES string of the molecule is OC(Cc1cc(F)ccc1Cl)c1cccc2c1OCCO2. The average molecular weight is 309 g/mol. The highest BCUT2D eigenvalue weighted by molar-refractivity contribution is 6.31. The Kier molecular flexibility index (Phi) is 3.99. The third-order valence-corrected chi connectivity index (χ3v) is 3.75. The molecular weight excluding hydrogens is 295 g/mol. The van der Waals surface area contributed by atoms with E-state index in [1.807, 2.05) is 0 Å². The summed E-state index contributed by atoms with van der Waals surface area (Å²) < 4.78 is 24.3. The summed E-state index contributed by atoms with van der Waals surface area (Å²) in [6.07, 6.45) is -0.642. The smallest absolute Gasteiger partial charge is 0.167 e. The van der Waals surface area contributed by atoms with Crippen LogP contribution in [0.25, 0.3) is 0 Å². The molecule has 1 atom stereocenters. The first-order valence-corrected chi connectivity index (χ1v) is 7.03. The highest BCUT2D eigenvalue weighted by atomic mass is 35.5. The Bertz CT molecular complexity index is 660. The van der Waals surface area contributed by atoms with Crippen molar-refractivity contribution in [3.8, 4) is 11.5 Å². The number of para-hydroxylation sites is 1. The van der Waals surface area contributed by atoms with E-state index in [1.54, 1.807) is 18.2 Å². The number of ether oxygens (including phenoxy) is 2. The molecule has 5 heteroatoms. The molecule has 110 valence electrons. The van der Waals surface area contributed by atoms with Crippen molar-refractivity contribution in [2.75, 3.05) is 13.2 Å². The van der Waals surface area contributed by atoms with E-state index in [9.17, 15) is 9.50 Å². The first kappa shape index (κ1) is 14.2. The van der Waals surface area contributed by atoms with Crippen LogP contribution in [0.5, 0.6) is 11.5 Å². The lowest BCUT2D eigenvalue weighted by atomic mass is 10.00. The van der Waals surface area contributed by atoms with E-state index in [2.05, 4.69) is 0 Å². The molecule has 3 rings (SSSR count). The van der Waals surface area contributed by atoms with Gasteiger partial charge < -0.3 is 14.6 Å². The van der Waals surface area contributed by atoms with E-state index in [4.69, 9.17) is 21.1 Å². The van der Waals surface area contributed by atoms with Crippen molar-refractivity contribution in [2.45, 2.75) is 12.5 Å². The molecule has 1 N–H and O–H groups in total. The van der Waals surface area contributed by atoms with Gasteiger partial charge in [0.2, 0.25) is 0 Å². The second-order valence-corrected chi connectivity index (χ2v) is 5.23. The van der Waals surface area contributed by atoms with E-state index in [1.165, 1.54) is 18.2 Å². The quantitative estimate of drug-likeness (QED) is 0.943. The zero-order valence-corrected chi connectivity index (χ0v) is 11.9. The third kappa shape index (κ3) is 2.96. The minimum absolute atomic E-state index is 0.205. The maximum Gasteiger partial charge on any atom is 0.167 e. The molecule has 0 saturated heterocycles. The van der Waals surface area contributed by atoms with Crippen molar-refractivity contribution >= 4 is 11.6 Å². The molecule has 0 fully saturated rings. The first-order valence-electron chi connectivity index (χ1n) is 6.65. The predicted octanol–water partition coefficient (Wildman–Crippen LogP) is 3.53. The molecule has 0 aromatic heterocycles. The number of aliphatic hydroxyl groups excluding tert-OH is 1. The molecule has 0 aliphatic carbocycles. The highest BCUT2D eigenvalue weighted by Crippen LogP contribution is 2.38. The summed E-state index contributed by atoms with van der Waals surface area (Å²) in [5.74, 6) is 0.781. The molecule has 1 unspecified atom stereocenters. The number of aliphatic hydroxyl groups is 1. The molecule has 1 aliphatic heterocycles. The fourth-order valence-electron chi connectivity index (χ4n) is 2.38. The van der Waals surface area contributed by atoms with Crippen LogP contribution in [0.4, 0.5) is 4.39 Å². The molecular formula is C16H14ClFO3. The number of benzene rings is 2. The fraction of sp³-hybridized carbons (Fsp3) is 0.250. The molecule has 3 nitrogen and oxygen atoms in total. The molecule has 0 bridgehead atoms. The summed E-state index contributed by atoms with van der Waals surface area (Å²) in [4.78, 5) is 0. The van der Waals surface area contributed by atoms with Crippen molar-refractivity contribution in [1.82, 2.24) is 0 Å². The Morgan fingerprint density at radius 2 is 2.00 bits per heavy atom. The molecule has 0 saturated carbocycles. The van der Waals surface area contributed by atoms with Gasteiger partial charge in [0.15, 0.2) is 11.5 Å². The second-order valence-electron chi connectivity index (χ2n) is 4.83. The van der Waals surface area contributed by atoms with Crippen LogP contribution < -0.4 is 9.47 Å². The summed E-state index contributed by atoms with van der Waals surface area (Å²) in [6.45, 7) is 0.930. The molecule has 1 aliphatic rings. The molecule has 21 heavy (non-hydrogen) atoms. The summed E-state index contributed by atoms with van der Waals surface area (Å²) >= 11 is 6.04. The van der Waals surface area contributed by atoms with Gasteiger partial charge in [-0.25, -0.2) is 4.39 Å². The highest BCUT2D eigenvalue weighted by Gasteiger charge is 2.21. The van der Waals surface area contributed by atoms with Gasteiger partial charge in [0, 0.05) is 17.0 Å². The Morgan fingerprint density at radius 3 is 2.86 bits per heavy atom. The second kappa shape index (κ2) is 5.92. The monoisotopic (exact) mass is 308 g/mol. The summed E-state index contributed by atoms with van der Waals surface area (Å²) in [5, 5.41) is 10.9. The van der Waals surface area contributed by atoms with Gasteiger partial charge in [-0.05, 0) is 29.8 Å². The average Bonchev–Trinajstić information content (AvgIpc) is 2.50. The van der Waals surface area contributed by atoms with Gasteiger partial charge >= 0.3 is 0 Å². The van der Waals surface area contributed by atoms with Crippen LogP contribution in [0.3, 0.4) is 0 Å². The first-order chi connectivity index (χ1) is 10.1. The van der Waals surface area contributed by atoms with Gasteiger partial charge in [-0.1, -0.05) is 23.7 Å². The molecule has 0 amide bonds. The summed E-state index contributed by atoms with van der Waals surface area (Å²) in [5.41, 5.74) is 1.17. The van der Waals surface area contributed by atoms with Gasteiger partial charge in [0.1, 0.15) is 19.0 Å². The lowest BCUT2D eigenvalue weighted by Gasteiger charge is -2.23. The zero-order chi connectivity index (χ0) is 14.8. The minimum Gasteiger partial charge on any atom is -0.486 e. The van der Waals surface area contributed by atoms with Crippen molar-refractivity contribution in [3.05, 3.63) is 58.4 Å². The van der Waals surface area contributed by atoms with E-state index in [0.717, 1.165) is 0 Å². The lowest BCUT2D eigenvalue weighted by molar-refractivity contribution is 0.146. The summed E-state index contributed by atoms with van der Waals surface area (Å²) in [7, 11) is 0. The van der Waals surface area contributed by atoms with Crippen molar-refractivity contribution in [3.63, 3.8) is 0 Å². The Labute approximate surface area is 126 Å². The largest absolute Gasteiger partial charge is 0.486 e. The van der Waals surface area contributed by atoms with Gasteiger partial charge in [0.25, 0.3) is 0 Å². The van der Waals surface area contributed by atoms with E-state index < -0.39 is 6.10 Å². The molecule has 0 spiro atoms. The van der Waals surface area contributed by atoms with Crippen LogP contribution in [0.2, 0.25) is 5.02 Å². The molecule has 1 heterocycles. The Balaban J connectivity index is 1.89. The fourth-order valence-corrected chi connectivity index (χ4v) is 2.57. The van der Waals surface area contributed by atoms with Crippen molar-refractivity contribution < 1.29 is 19.0 Å². The predicted molar refractivity (Wildman–Crippen MR) is 77.5 cm³/mol. The zero-order valence-electron chi connectivity index (χ0n) is 11.2. The van der Waals surface area contributed by atoms with Gasteiger partial charge in [0.05, 0.1) is 6.10 Å². The van der Waals surface area contributed by atoms with Gasteiger partial charge in [-0.2, -0.15) is 0 Å². The van der Waals surface area contributed by atoms with Crippen LogP contribution in [-0.2, 0) is 6.42 Å². The minimum atomic E-state index is -0.846. The third-order valence-electron chi connectivity index (χ3n) is 3.38. The number of hydrogen-bond donors (Lipinski definition) is 1. The number of halogens is 2. The Morgan fingerprint density at radius 1 is 1.19 bits per heavy atom. The topological polar surface area (TPSA) is 38.7 Å². The van der Waals surface area contributed by atoms with Crippen LogP contribution >= 0.6 is 11.6 Å². The lowest BCUT2D eigenvalue weighted by Crippen LogP contribution is -2.17. The number of rotatable bonds is 3. The maximum absolute atomic E-state index is 13.3. The molecule has 2 aromatic carbocycles. The van der Waals surface area contributed by atoms with E-state index in [-0.39, 0.29) is 12.2 Å². The summed E-state index contributed by atoms with van der Waals surface area (Å²) in [6, 6.07) is 9.46. The van der Waals surface area contributed by atoms with Crippen LogP contribution in [0.15, 0.2) is 36.4 Å². The molecule has 0 radical (unpaired) electrons. The van der Waals surface area contributed by atoms with Crippen molar-refractivity contribution in [1.29, 1.82) is 0 Å². The Hall–Kier alpha value is -1.78. The van der Waals surface area contributed by atoms with Crippen LogP contribution in [-0.4, -0.2) is 18.3 Å². The van der Waals surface area contributed by atoms with E-state index in [0.29, 0.717) is 40.9 Å². The van der Waals surface area contributed by atoms with Crippen LogP contribution in [0.1, 0.15) is 17.2 Å². The van der Waals surface area contributed by atoms with Gasteiger partial charge in [-0.3, -0.25) is 0 Å². The van der Waals surface area contributed by atoms with Crippen LogP contribution in [0, 0.1) is 5.82 Å². The molecule has 2 aromatic rings. The number of fused-ring (bicyclic) bond motifs is 1. The normalized spacial score (nSPS) is 14.8.